The topological polar surface area (TPSA) is 63.8 Å². The fraction of sp³-hybridized carbons (Fsp3) is 0.0909. The zero-order chi connectivity index (χ0) is 13.3. The van der Waals surface area contributed by atoms with Gasteiger partial charge in [0.25, 0.3) is 0 Å². The van der Waals surface area contributed by atoms with E-state index >= 15 is 0 Å². The van der Waals surface area contributed by atoms with Crippen LogP contribution in [-0.2, 0) is 0 Å². The van der Waals surface area contributed by atoms with Crippen LogP contribution in [0.2, 0.25) is 10.0 Å². The minimum atomic E-state index is -0.598. The van der Waals surface area contributed by atoms with Crippen molar-refractivity contribution >= 4 is 29.0 Å². The van der Waals surface area contributed by atoms with Crippen LogP contribution in [0.3, 0.4) is 0 Å². The SMILES string of the molecule is Cc1nc(-c2cc(Cl)ccc2Cl)nc(NN)c1F. The van der Waals surface area contributed by atoms with Gasteiger partial charge in [-0.1, -0.05) is 23.2 Å². The maximum absolute atomic E-state index is 13.6. The predicted molar refractivity (Wildman–Crippen MR) is 70.0 cm³/mol. The van der Waals surface area contributed by atoms with Gasteiger partial charge in [-0.15, -0.1) is 0 Å². The summed E-state index contributed by atoms with van der Waals surface area (Å²) in [6.07, 6.45) is 0. The average Bonchev–Trinajstić information content (AvgIpc) is 2.35. The van der Waals surface area contributed by atoms with Crippen molar-refractivity contribution in [3.05, 3.63) is 39.8 Å². The molecular formula is C11H9Cl2FN4. The summed E-state index contributed by atoms with van der Waals surface area (Å²) in [5.74, 6) is 4.77. The van der Waals surface area contributed by atoms with Gasteiger partial charge in [-0.2, -0.15) is 0 Å². The summed E-state index contributed by atoms with van der Waals surface area (Å²) < 4.78 is 13.6. The summed E-state index contributed by atoms with van der Waals surface area (Å²) in [6, 6.07) is 4.87. The molecule has 4 nitrogen and oxygen atoms in total. The molecule has 0 aliphatic heterocycles. The Balaban J connectivity index is 2.64. The molecule has 2 rings (SSSR count). The van der Waals surface area contributed by atoms with E-state index in [0.29, 0.717) is 15.6 Å². The van der Waals surface area contributed by atoms with E-state index in [4.69, 9.17) is 29.0 Å². The minimum absolute atomic E-state index is 0.0893. The molecule has 0 amide bonds. The van der Waals surface area contributed by atoms with Gasteiger partial charge in [0, 0.05) is 10.6 Å². The minimum Gasteiger partial charge on any atom is -0.306 e. The fourth-order valence-corrected chi connectivity index (χ4v) is 1.82. The number of nitrogen functional groups attached to an aromatic ring is 1. The van der Waals surface area contributed by atoms with Crippen LogP contribution in [-0.4, -0.2) is 9.97 Å². The summed E-state index contributed by atoms with van der Waals surface area (Å²) in [7, 11) is 0. The van der Waals surface area contributed by atoms with Crippen molar-refractivity contribution < 1.29 is 4.39 Å². The standard InChI is InChI=1S/C11H9Cl2FN4/c1-5-9(14)11(18-15)17-10(16-5)7-4-6(12)2-3-8(7)13/h2-4H,15H2,1H3,(H,16,17,18). The highest BCUT2D eigenvalue weighted by atomic mass is 35.5. The molecule has 18 heavy (non-hydrogen) atoms. The van der Waals surface area contributed by atoms with E-state index in [0.717, 1.165) is 0 Å². The number of nitrogens with zero attached hydrogens (tertiary/aromatic N) is 2. The van der Waals surface area contributed by atoms with Crippen LogP contribution in [0, 0.1) is 12.7 Å². The third-order valence-electron chi connectivity index (χ3n) is 2.32. The van der Waals surface area contributed by atoms with Gasteiger partial charge in [-0.25, -0.2) is 20.2 Å². The Labute approximate surface area is 113 Å². The molecule has 0 saturated heterocycles. The van der Waals surface area contributed by atoms with Crippen molar-refractivity contribution in [3.8, 4) is 11.4 Å². The molecule has 0 atom stereocenters. The van der Waals surface area contributed by atoms with E-state index in [2.05, 4.69) is 15.4 Å². The quantitative estimate of drug-likeness (QED) is 0.657. The van der Waals surface area contributed by atoms with E-state index in [-0.39, 0.29) is 17.3 Å². The molecule has 0 aliphatic rings. The molecule has 0 unspecified atom stereocenters. The summed E-state index contributed by atoms with van der Waals surface area (Å²) in [6.45, 7) is 1.51. The van der Waals surface area contributed by atoms with Crippen LogP contribution in [0.4, 0.5) is 10.2 Å². The number of halogens is 3. The first kappa shape index (κ1) is 13.0. The average molecular weight is 287 g/mol. The molecule has 94 valence electrons. The van der Waals surface area contributed by atoms with E-state index in [9.17, 15) is 4.39 Å². The maximum Gasteiger partial charge on any atom is 0.187 e. The first-order chi connectivity index (χ1) is 8.52. The first-order valence-corrected chi connectivity index (χ1v) is 5.74. The molecule has 3 N–H and O–H groups in total. The first-order valence-electron chi connectivity index (χ1n) is 4.99. The van der Waals surface area contributed by atoms with E-state index in [1.807, 2.05) is 0 Å². The lowest BCUT2D eigenvalue weighted by Crippen LogP contribution is -2.13. The van der Waals surface area contributed by atoms with Crippen molar-refractivity contribution in [1.29, 1.82) is 0 Å². The van der Waals surface area contributed by atoms with Crippen molar-refractivity contribution in [2.45, 2.75) is 6.92 Å². The highest BCUT2D eigenvalue weighted by Crippen LogP contribution is 2.29. The third-order valence-corrected chi connectivity index (χ3v) is 2.89. The fourth-order valence-electron chi connectivity index (χ4n) is 1.44. The summed E-state index contributed by atoms with van der Waals surface area (Å²) >= 11 is 11.9. The van der Waals surface area contributed by atoms with Gasteiger partial charge >= 0.3 is 0 Å². The van der Waals surface area contributed by atoms with Gasteiger partial charge in [0.1, 0.15) is 0 Å². The van der Waals surface area contributed by atoms with Crippen molar-refractivity contribution in [1.82, 2.24) is 9.97 Å². The molecular weight excluding hydrogens is 278 g/mol. The Kier molecular flexibility index (Phi) is 3.65. The van der Waals surface area contributed by atoms with E-state index < -0.39 is 5.82 Å². The zero-order valence-corrected chi connectivity index (χ0v) is 10.8. The highest BCUT2D eigenvalue weighted by molar-refractivity contribution is 6.35. The summed E-state index contributed by atoms with van der Waals surface area (Å²) in [4.78, 5) is 7.99. The second-order valence-electron chi connectivity index (χ2n) is 3.56. The van der Waals surface area contributed by atoms with Crippen LogP contribution >= 0.6 is 23.2 Å². The molecule has 7 heteroatoms. The smallest absolute Gasteiger partial charge is 0.187 e. The third kappa shape index (κ3) is 2.38. The second-order valence-corrected chi connectivity index (χ2v) is 4.41. The normalized spacial score (nSPS) is 10.5. The van der Waals surface area contributed by atoms with E-state index in [1.54, 1.807) is 18.2 Å². The van der Waals surface area contributed by atoms with Crippen molar-refractivity contribution in [3.63, 3.8) is 0 Å². The number of rotatable bonds is 2. The monoisotopic (exact) mass is 286 g/mol. The molecule has 0 bridgehead atoms. The number of aromatic nitrogens is 2. The van der Waals surface area contributed by atoms with Gasteiger partial charge in [0.05, 0.1) is 10.7 Å². The summed E-state index contributed by atoms with van der Waals surface area (Å²) in [5, 5.41) is 0.913. The molecule has 0 saturated carbocycles. The number of hydrazine groups is 1. The Morgan fingerprint density at radius 2 is 2.00 bits per heavy atom. The Hall–Kier alpha value is -1.43. The van der Waals surface area contributed by atoms with Gasteiger partial charge < -0.3 is 5.43 Å². The van der Waals surface area contributed by atoms with Gasteiger partial charge in [-0.3, -0.25) is 0 Å². The lowest BCUT2D eigenvalue weighted by Gasteiger charge is -2.08. The molecule has 0 aliphatic carbocycles. The molecule has 0 spiro atoms. The Morgan fingerprint density at radius 1 is 1.28 bits per heavy atom. The molecule has 1 aromatic carbocycles. The van der Waals surface area contributed by atoms with Crippen LogP contribution < -0.4 is 11.3 Å². The zero-order valence-electron chi connectivity index (χ0n) is 9.34. The van der Waals surface area contributed by atoms with Crippen molar-refractivity contribution in [2.75, 3.05) is 5.43 Å². The molecule has 1 heterocycles. The number of nitrogens with two attached hydrogens (primary N) is 1. The number of hydrogen-bond donors (Lipinski definition) is 2. The van der Waals surface area contributed by atoms with Gasteiger partial charge in [-0.05, 0) is 25.1 Å². The summed E-state index contributed by atoms with van der Waals surface area (Å²) in [5.41, 5.74) is 2.87. The second kappa shape index (κ2) is 5.06. The van der Waals surface area contributed by atoms with Gasteiger partial charge in [0.2, 0.25) is 0 Å². The van der Waals surface area contributed by atoms with E-state index in [1.165, 1.54) is 6.92 Å². The van der Waals surface area contributed by atoms with Gasteiger partial charge in [0.15, 0.2) is 17.5 Å². The Morgan fingerprint density at radius 3 is 2.67 bits per heavy atom. The molecule has 2 aromatic rings. The number of anilines is 1. The molecule has 0 radical (unpaired) electrons. The number of nitrogens with one attached hydrogen (secondary N) is 1. The predicted octanol–water partition coefficient (Wildman–Crippen LogP) is 3.18. The highest BCUT2D eigenvalue weighted by Gasteiger charge is 2.14. The number of benzene rings is 1. The van der Waals surface area contributed by atoms with Crippen LogP contribution in [0.25, 0.3) is 11.4 Å². The maximum atomic E-state index is 13.6. The number of aryl methyl sites for hydroxylation is 1. The van der Waals surface area contributed by atoms with Crippen LogP contribution in [0.5, 0.6) is 0 Å². The Bertz CT molecular complexity index is 604. The van der Waals surface area contributed by atoms with Crippen LogP contribution in [0.15, 0.2) is 18.2 Å². The number of hydrogen-bond acceptors (Lipinski definition) is 4. The lowest BCUT2D eigenvalue weighted by molar-refractivity contribution is 0.606. The van der Waals surface area contributed by atoms with Crippen LogP contribution in [0.1, 0.15) is 5.69 Å². The molecule has 1 aromatic heterocycles. The lowest BCUT2D eigenvalue weighted by atomic mass is 10.2. The van der Waals surface area contributed by atoms with Crippen molar-refractivity contribution in [2.24, 2.45) is 5.84 Å². The molecule has 0 fully saturated rings. The largest absolute Gasteiger partial charge is 0.306 e.